The summed E-state index contributed by atoms with van der Waals surface area (Å²) in [6, 6.07) is 6.32. The lowest BCUT2D eigenvalue weighted by Gasteiger charge is -2.35. The van der Waals surface area contributed by atoms with Gasteiger partial charge in [0.2, 0.25) is 5.91 Å². The number of nitrogens with one attached hydrogen (secondary N) is 1. The van der Waals surface area contributed by atoms with Crippen LogP contribution in [0.5, 0.6) is 0 Å². The summed E-state index contributed by atoms with van der Waals surface area (Å²) in [4.78, 5) is 18.3. The summed E-state index contributed by atoms with van der Waals surface area (Å²) < 4.78 is 0. The summed E-state index contributed by atoms with van der Waals surface area (Å²) >= 11 is 1.61. The lowest BCUT2D eigenvalue weighted by atomic mass is 10.0. The highest BCUT2D eigenvalue weighted by Crippen LogP contribution is 2.22. The average molecular weight is 314 g/mol. The molecule has 0 aliphatic carbocycles. The molecular weight excluding hydrogens is 294 g/mol. The molecule has 0 aromatic carbocycles. The number of rotatable bonds is 4. The van der Waals surface area contributed by atoms with E-state index < -0.39 is 0 Å². The predicted molar refractivity (Wildman–Crippen MR) is 87.8 cm³/mol. The largest absolute Gasteiger partial charge is 0.333 e. The van der Waals surface area contributed by atoms with E-state index in [1.54, 1.807) is 18.3 Å². The van der Waals surface area contributed by atoms with Crippen LogP contribution in [0.15, 0.2) is 29.8 Å². The minimum Gasteiger partial charge on any atom is -0.333 e. The van der Waals surface area contributed by atoms with Gasteiger partial charge in [0.1, 0.15) is 0 Å². The molecule has 1 fully saturated rings. The van der Waals surface area contributed by atoms with E-state index in [0.717, 1.165) is 43.7 Å². The summed E-state index contributed by atoms with van der Waals surface area (Å²) in [5.74, 6) is 0.129. The van der Waals surface area contributed by atoms with Gasteiger partial charge in [-0.3, -0.25) is 9.78 Å². The van der Waals surface area contributed by atoms with Gasteiger partial charge in [0.15, 0.2) is 0 Å². The zero-order valence-electron chi connectivity index (χ0n) is 12.7. The molecule has 1 N–H and O–H groups in total. The van der Waals surface area contributed by atoms with E-state index in [1.807, 2.05) is 17.2 Å². The van der Waals surface area contributed by atoms with Gasteiger partial charge in [0.05, 0.1) is 6.04 Å². The minimum absolute atomic E-state index is 0.0965. The first-order chi connectivity index (χ1) is 10.7. The number of carbonyl (C=O) groups is 1. The number of thiophene rings is 1. The van der Waals surface area contributed by atoms with Crippen molar-refractivity contribution in [1.82, 2.24) is 15.2 Å². The molecule has 2 aromatic rings. The van der Waals surface area contributed by atoms with Gasteiger partial charge in [-0.15, -0.1) is 11.3 Å². The molecule has 1 atom stereocenters. The van der Waals surface area contributed by atoms with Gasteiger partial charge >= 0.3 is 0 Å². The number of carbonyl (C=O) groups excluding carboxylic acids is 1. The standard InChI is InChI=1S/C17H20N3OS/c1-13(21)20-8-7-18-11-17(20)15-3-5-16(19-10-15)4-2-14-6-9-22-12-14/h3,5-6,10,12,17-18H,2,4,7-8,11H2,1H3. The highest BCUT2D eigenvalue weighted by atomic mass is 32.1. The maximum absolute atomic E-state index is 11.8. The van der Waals surface area contributed by atoms with Crippen molar-refractivity contribution in [1.29, 1.82) is 0 Å². The minimum atomic E-state index is 0.0965. The maximum Gasteiger partial charge on any atom is 0.220 e. The highest BCUT2D eigenvalue weighted by Gasteiger charge is 2.25. The monoisotopic (exact) mass is 314 g/mol. The predicted octanol–water partition coefficient (Wildman–Crippen LogP) is 2.22. The molecule has 1 unspecified atom stereocenters. The van der Waals surface area contributed by atoms with Crippen LogP contribution < -0.4 is 5.32 Å². The molecule has 1 amide bonds. The molecule has 2 aromatic heterocycles. The third-order valence-corrected chi connectivity index (χ3v) is 4.75. The fraction of sp³-hybridized carbons (Fsp3) is 0.412. The van der Waals surface area contributed by atoms with Crippen LogP contribution in [0.25, 0.3) is 0 Å². The molecule has 3 rings (SSSR count). The molecule has 3 heterocycles. The second-order valence-corrected chi connectivity index (χ2v) is 6.30. The molecule has 4 nitrogen and oxygen atoms in total. The van der Waals surface area contributed by atoms with E-state index in [0.29, 0.717) is 0 Å². The van der Waals surface area contributed by atoms with Crippen molar-refractivity contribution in [2.45, 2.75) is 25.8 Å². The Labute approximate surface area is 135 Å². The van der Waals surface area contributed by atoms with E-state index in [1.165, 1.54) is 5.56 Å². The molecule has 0 bridgehead atoms. The SMILES string of the molecule is CC(=O)N1CCNCC1c1ccc(CCc2c[c]sc2)nc1. The van der Waals surface area contributed by atoms with E-state index in [-0.39, 0.29) is 11.9 Å². The van der Waals surface area contributed by atoms with Crippen LogP contribution in [-0.4, -0.2) is 35.4 Å². The summed E-state index contributed by atoms with van der Waals surface area (Å²) in [5, 5.41) is 8.59. The molecule has 1 aliphatic heterocycles. The first-order valence-electron chi connectivity index (χ1n) is 7.60. The second kappa shape index (κ2) is 7.03. The van der Waals surface area contributed by atoms with Crippen LogP contribution >= 0.6 is 11.3 Å². The maximum atomic E-state index is 11.8. The number of aryl methyl sites for hydroxylation is 2. The summed E-state index contributed by atoms with van der Waals surface area (Å²) in [6.07, 6.45) is 3.85. The Kier molecular flexibility index (Phi) is 4.85. The topological polar surface area (TPSA) is 45.2 Å². The number of amides is 1. The van der Waals surface area contributed by atoms with Crippen LogP contribution in [0.4, 0.5) is 0 Å². The van der Waals surface area contributed by atoms with Gasteiger partial charge in [0, 0.05) is 43.8 Å². The van der Waals surface area contributed by atoms with Gasteiger partial charge in [-0.2, -0.15) is 0 Å². The molecule has 0 saturated carbocycles. The first-order valence-corrected chi connectivity index (χ1v) is 8.48. The Morgan fingerprint density at radius 2 is 2.41 bits per heavy atom. The third-order valence-electron chi connectivity index (χ3n) is 4.07. The Morgan fingerprint density at radius 3 is 3.09 bits per heavy atom. The molecule has 0 spiro atoms. The highest BCUT2D eigenvalue weighted by molar-refractivity contribution is 7.07. The Morgan fingerprint density at radius 1 is 1.50 bits per heavy atom. The van der Waals surface area contributed by atoms with Crippen LogP contribution in [0, 0.1) is 5.38 Å². The number of hydrogen-bond donors (Lipinski definition) is 1. The van der Waals surface area contributed by atoms with E-state index in [9.17, 15) is 4.79 Å². The zero-order valence-corrected chi connectivity index (χ0v) is 13.5. The average Bonchev–Trinajstić information content (AvgIpc) is 3.07. The normalized spacial score (nSPS) is 18.4. The van der Waals surface area contributed by atoms with Crippen molar-refractivity contribution >= 4 is 17.2 Å². The quantitative estimate of drug-likeness (QED) is 0.941. The van der Waals surface area contributed by atoms with Crippen molar-refractivity contribution in [3.05, 3.63) is 52.0 Å². The Bertz CT molecular complexity index is 609. The second-order valence-electron chi connectivity index (χ2n) is 5.59. The first kappa shape index (κ1) is 15.2. The van der Waals surface area contributed by atoms with Gasteiger partial charge in [0.25, 0.3) is 0 Å². The number of aromatic nitrogens is 1. The lowest BCUT2D eigenvalue weighted by Crippen LogP contribution is -2.47. The lowest BCUT2D eigenvalue weighted by molar-refractivity contribution is -0.132. The van der Waals surface area contributed by atoms with Gasteiger partial charge in [-0.05, 0) is 41.5 Å². The van der Waals surface area contributed by atoms with Crippen molar-refractivity contribution < 1.29 is 4.79 Å². The van der Waals surface area contributed by atoms with E-state index >= 15 is 0 Å². The fourth-order valence-electron chi connectivity index (χ4n) is 2.82. The Balaban J connectivity index is 1.66. The molecule has 115 valence electrons. The number of nitrogens with zero attached hydrogens (tertiary/aromatic N) is 2. The number of piperazine rings is 1. The van der Waals surface area contributed by atoms with Crippen molar-refractivity contribution in [3.63, 3.8) is 0 Å². The smallest absolute Gasteiger partial charge is 0.220 e. The van der Waals surface area contributed by atoms with Crippen LogP contribution in [-0.2, 0) is 17.6 Å². The van der Waals surface area contributed by atoms with Crippen molar-refractivity contribution in [3.8, 4) is 0 Å². The van der Waals surface area contributed by atoms with Crippen molar-refractivity contribution in [2.24, 2.45) is 0 Å². The number of hydrogen-bond acceptors (Lipinski definition) is 4. The van der Waals surface area contributed by atoms with E-state index in [2.05, 4.69) is 33.2 Å². The van der Waals surface area contributed by atoms with Crippen molar-refractivity contribution in [2.75, 3.05) is 19.6 Å². The molecular formula is C17H20N3OS. The zero-order chi connectivity index (χ0) is 15.4. The Hall–Kier alpha value is -1.72. The van der Waals surface area contributed by atoms with Crippen LogP contribution in [0.3, 0.4) is 0 Å². The van der Waals surface area contributed by atoms with E-state index in [4.69, 9.17) is 0 Å². The van der Waals surface area contributed by atoms with Crippen LogP contribution in [0.2, 0.25) is 0 Å². The fourth-order valence-corrected chi connectivity index (χ4v) is 3.44. The molecule has 1 radical (unpaired) electrons. The van der Waals surface area contributed by atoms with Gasteiger partial charge in [-0.25, -0.2) is 0 Å². The van der Waals surface area contributed by atoms with Gasteiger partial charge < -0.3 is 10.2 Å². The number of pyridine rings is 1. The molecule has 1 saturated heterocycles. The molecule has 22 heavy (non-hydrogen) atoms. The van der Waals surface area contributed by atoms with Gasteiger partial charge in [-0.1, -0.05) is 6.07 Å². The molecule has 1 aliphatic rings. The summed E-state index contributed by atoms with van der Waals surface area (Å²) in [6.45, 7) is 4.05. The molecule has 5 heteroatoms. The van der Waals surface area contributed by atoms with Crippen LogP contribution in [0.1, 0.15) is 29.8 Å². The summed E-state index contributed by atoms with van der Waals surface area (Å²) in [5.41, 5.74) is 3.51. The third kappa shape index (κ3) is 3.54. The summed E-state index contributed by atoms with van der Waals surface area (Å²) in [7, 11) is 0.